The van der Waals surface area contributed by atoms with Crippen LogP contribution in [0.25, 0.3) is 0 Å². The lowest BCUT2D eigenvalue weighted by Gasteiger charge is -1.73. The maximum atomic E-state index is 9.59. The van der Waals surface area contributed by atoms with Crippen molar-refractivity contribution in [2.45, 2.75) is 13.3 Å². The number of hydrogen-bond acceptors (Lipinski definition) is 2. The predicted molar refractivity (Wildman–Crippen MR) is 32.3 cm³/mol. The minimum atomic E-state index is -0.245. The molecule has 0 aromatic heterocycles. The summed E-state index contributed by atoms with van der Waals surface area (Å²) in [5.74, 6) is -0.245. The second-order valence-corrected chi connectivity index (χ2v) is 1.00. The normalized spacial score (nSPS) is 6.12. The summed E-state index contributed by atoms with van der Waals surface area (Å²) in [6, 6.07) is 0. The summed E-state index contributed by atoms with van der Waals surface area (Å²) in [7, 11) is 0. The van der Waals surface area contributed by atoms with Gasteiger partial charge in [0.1, 0.15) is 0 Å². The largest absolute Gasteiger partial charge is 0.516 e. The molecular formula is C5H11NO2. The molecule has 0 aliphatic carbocycles. The van der Waals surface area contributed by atoms with Crippen molar-refractivity contribution >= 4 is 5.91 Å². The van der Waals surface area contributed by atoms with Crippen molar-refractivity contribution in [3.8, 4) is 0 Å². The van der Waals surface area contributed by atoms with Crippen LogP contribution < -0.4 is 5.73 Å². The van der Waals surface area contributed by atoms with Crippen LogP contribution in [-0.4, -0.2) is 11.0 Å². The average Bonchev–Trinajstić information content (AvgIpc) is 1.69. The highest BCUT2D eigenvalue weighted by molar-refractivity contribution is 5.73. The second-order valence-electron chi connectivity index (χ2n) is 1.00. The zero-order valence-electron chi connectivity index (χ0n) is 4.92. The summed E-state index contributed by atoms with van der Waals surface area (Å²) < 4.78 is 0. The molecule has 3 heteroatoms. The number of rotatable bonds is 1. The van der Waals surface area contributed by atoms with Gasteiger partial charge in [-0.05, 0) is 0 Å². The minimum Gasteiger partial charge on any atom is -0.516 e. The molecule has 48 valence electrons. The zero-order valence-corrected chi connectivity index (χ0v) is 4.92. The van der Waals surface area contributed by atoms with Gasteiger partial charge in [0.2, 0.25) is 5.91 Å². The number of amides is 1. The summed E-state index contributed by atoms with van der Waals surface area (Å²) in [6.45, 7) is 4.64. The van der Waals surface area contributed by atoms with Crippen LogP contribution in [0.4, 0.5) is 0 Å². The quantitative estimate of drug-likeness (QED) is 0.493. The Bertz CT molecular complexity index is 70.8. The Labute approximate surface area is 48.8 Å². The fourth-order valence-electron chi connectivity index (χ4n) is 0. The Morgan fingerprint density at radius 2 is 2.12 bits per heavy atom. The third kappa shape index (κ3) is 79.0. The van der Waals surface area contributed by atoms with Gasteiger partial charge in [0.05, 0.1) is 6.26 Å². The van der Waals surface area contributed by atoms with Gasteiger partial charge in [-0.1, -0.05) is 13.5 Å². The predicted octanol–water partition coefficient (Wildman–Crippen LogP) is 0.570. The standard InChI is InChI=1S/C3H7NO.C2H4O/c1-2-3(4)5;1-2-3/h2H2,1H3,(H2,4,5);2-3H,1H2. The molecule has 0 atom stereocenters. The molecule has 0 aromatic rings. The Balaban J connectivity index is 0. The van der Waals surface area contributed by atoms with E-state index >= 15 is 0 Å². The minimum absolute atomic E-state index is 0.245. The molecule has 0 saturated carbocycles. The molecule has 0 unspecified atom stereocenters. The first kappa shape index (κ1) is 10.1. The third-order valence-electron chi connectivity index (χ3n) is 0.348. The Hall–Kier alpha value is -0.990. The van der Waals surface area contributed by atoms with E-state index in [1.165, 1.54) is 0 Å². The van der Waals surface area contributed by atoms with Crippen molar-refractivity contribution < 1.29 is 9.90 Å². The average molecular weight is 117 g/mol. The second kappa shape index (κ2) is 9.38. The van der Waals surface area contributed by atoms with Gasteiger partial charge < -0.3 is 10.8 Å². The smallest absolute Gasteiger partial charge is 0.217 e. The molecular weight excluding hydrogens is 106 g/mol. The van der Waals surface area contributed by atoms with E-state index < -0.39 is 0 Å². The van der Waals surface area contributed by atoms with Gasteiger partial charge in [0.25, 0.3) is 0 Å². The van der Waals surface area contributed by atoms with Crippen LogP contribution in [0.5, 0.6) is 0 Å². The van der Waals surface area contributed by atoms with Crippen LogP contribution in [0, 0.1) is 0 Å². The van der Waals surface area contributed by atoms with E-state index in [1.807, 2.05) is 0 Å². The van der Waals surface area contributed by atoms with Crippen molar-refractivity contribution in [3.05, 3.63) is 12.8 Å². The maximum absolute atomic E-state index is 9.59. The molecule has 0 radical (unpaired) electrons. The van der Waals surface area contributed by atoms with E-state index in [4.69, 9.17) is 5.11 Å². The van der Waals surface area contributed by atoms with Gasteiger partial charge >= 0.3 is 0 Å². The summed E-state index contributed by atoms with van der Waals surface area (Å²) >= 11 is 0. The summed E-state index contributed by atoms with van der Waals surface area (Å²) in [4.78, 5) is 9.59. The number of carbonyl (C=O) groups excluding carboxylic acids is 1. The highest BCUT2D eigenvalue weighted by atomic mass is 16.2. The van der Waals surface area contributed by atoms with Gasteiger partial charge in [-0.25, -0.2) is 0 Å². The van der Waals surface area contributed by atoms with Gasteiger partial charge in [0, 0.05) is 6.42 Å². The van der Waals surface area contributed by atoms with Crippen LogP contribution in [-0.2, 0) is 4.79 Å². The molecule has 0 fully saturated rings. The van der Waals surface area contributed by atoms with Crippen molar-refractivity contribution in [1.29, 1.82) is 0 Å². The number of primary amides is 1. The van der Waals surface area contributed by atoms with E-state index in [9.17, 15) is 4.79 Å². The summed E-state index contributed by atoms with van der Waals surface area (Å²) in [5, 5.41) is 7.33. The zero-order chi connectivity index (χ0) is 6.99. The molecule has 0 aliphatic rings. The van der Waals surface area contributed by atoms with Gasteiger partial charge in [-0.3, -0.25) is 4.79 Å². The van der Waals surface area contributed by atoms with E-state index in [0.717, 1.165) is 6.26 Å². The van der Waals surface area contributed by atoms with Crippen LogP contribution in [0.15, 0.2) is 12.8 Å². The molecule has 8 heavy (non-hydrogen) atoms. The van der Waals surface area contributed by atoms with Crippen molar-refractivity contribution in [3.63, 3.8) is 0 Å². The summed E-state index contributed by atoms with van der Waals surface area (Å²) in [6.07, 6.45) is 1.19. The van der Waals surface area contributed by atoms with Gasteiger partial charge in [-0.2, -0.15) is 0 Å². The first-order valence-corrected chi connectivity index (χ1v) is 2.22. The van der Waals surface area contributed by atoms with E-state index in [1.54, 1.807) is 6.92 Å². The number of hydrogen-bond donors (Lipinski definition) is 2. The molecule has 3 nitrogen and oxygen atoms in total. The third-order valence-corrected chi connectivity index (χ3v) is 0.348. The number of aliphatic hydroxyl groups excluding tert-OH is 1. The number of carbonyl (C=O) groups is 1. The highest BCUT2D eigenvalue weighted by Gasteiger charge is 1.77. The molecule has 0 rings (SSSR count). The van der Waals surface area contributed by atoms with E-state index in [2.05, 4.69) is 12.3 Å². The van der Waals surface area contributed by atoms with Crippen molar-refractivity contribution in [2.75, 3.05) is 0 Å². The van der Waals surface area contributed by atoms with E-state index in [0.29, 0.717) is 6.42 Å². The van der Waals surface area contributed by atoms with Crippen molar-refractivity contribution in [1.82, 2.24) is 0 Å². The first-order valence-electron chi connectivity index (χ1n) is 2.22. The Morgan fingerprint density at radius 1 is 2.00 bits per heavy atom. The first-order chi connectivity index (χ1) is 3.68. The fraction of sp³-hybridized carbons (Fsp3) is 0.400. The van der Waals surface area contributed by atoms with Crippen LogP contribution >= 0.6 is 0 Å². The maximum Gasteiger partial charge on any atom is 0.217 e. The molecule has 0 heterocycles. The van der Waals surface area contributed by atoms with Crippen LogP contribution in [0.2, 0.25) is 0 Å². The Morgan fingerprint density at radius 3 is 2.12 bits per heavy atom. The van der Waals surface area contributed by atoms with Crippen molar-refractivity contribution in [2.24, 2.45) is 5.73 Å². The molecule has 1 amide bonds. The van der Waals surface area contributed by atoms with Crippen LogP contribution in [0.3, 0.4) is 0 Å². The van der Waals surface area contributed by atoms with Gasteiger partial charge in [0.15, 0.2) is 0 Å². The lowest BCUT2D eigenvalue weighted by Crippen LogP contribution is -2.06. The molecule has 3 N–H and O–H groups in total. The lowest BCUT2D eigenvalue weighted by molar-refractivity contribution is -0.117. The summed E-state index contributed by atoms with van der Waals surface area (Å²) in [5.41, 5.74) is 4.65. The SMILES string of the molecule is C=CO.CCC(N)=O. The lowest BCUT2D eigenvalue weighted by atomic mass is 10.5. The molecule has 0 aliphatic heterocycles. The van der Waals surface area contributed by atoms with Crippen LogP contribution in [0.1, 0.15) is 13.3 Å². The topological polar surface area (TPSA) is 63.3 Å². The molecule has 0 aromatic carbocycles. The monoisotopic (exact) mass is 117 g/mol. The fourth-order valence-corrected chi connectivity index (χ4v) is 0. The number of nitrogens with two attached hydrogens (primary N) is 1. The number of aliphatic hydroxyl groups is 1. The molecule has 0 saturated heterocycles. The van der Waals surface area contributed by atoms with Gasteiger partial charge in [-0.15, -0.1) is 0 Å². The molecule has 0 spiro atoms. The van der Waals surface area contributed by atoms with E-state index in [-0.39, 0.29) is 5.91 Å². The molecule has 0 bridgehead atoms. The highest BCUT2D eigenvalue weighted by Crippen LogP contribution is 1.63. The Kier molecular flexibility index (Phi) is 11.8.